The predicted molar refractivity (Wildman–Crippen MR) is 105 cm³/mol. The molecule has 2 aromatic rings. The van der Waals surface area contributed by atoms with Gasteiger partial charge in [-0.25, -0.2) is 4.98 Å². The van der Waals surface area contributed by atoms with Crippen LogP contribution < -0.4 is 10.6 Å². The summed E-state index contributed by atoms with van der Waals surface area (Å²) in [6, 6.07) is 5.90. The van der Waals surface area contributed by atoms with Crippen molar-refractivity contribution < 1.29 is 9.59 Å². The molecular weight excluding hydrogens is 340 g/mol. The molecule has 1 aromatic heterocycles. The van der Waals surface area contributed by atoms with Crippen LogP contribution in [0.5, 0.6) is 0 Å². The number of aryl methyl sites for hydroxylation is 1. The number of anilines is 1. The first-order valence-corrected chi connectivity index (χ1v) is 10.2. The molecule has 0 unspecified atom stereocenters. The minimum absolute atomic E-state index is 0.132. The van der Waals surface area contributed by atoms with Crippen LogP contribution in [0, 0.1) is 11.8 Å². The SMILES string of the molecule is Cn1c(CCNC(=O)C2CC2)nc2cc(NC(=O)C3CCCCC3)ccc21. The van der Waals surface area contributed by atoms with E-state index in [1.54, 1.807) is 0 Å². The van der Waals surface area contributed by atoms with Gasteiger partial charge in [0.2, 0.25) is 11.8 Å². The number of carbonyl (C=O) groups is 2. The van der Waals surface area contributed by atoms with Crippen LogP contribution in [0.3, 0.4) is 0 Å². The normalized spacial score (nSPS) is 17.8. The lowest BCUT2D eigenvalue weighted by Gasteiger charge is -2.20. The van der Waals surface area contributed by atoms with Gasteiger partial charge >= 0.3 is 0 Å². The monoisotopic (exact) mass is 368 g/mol. The first-order valence-electron chi connectivity index (χ1n) is 10.2. The predicted octanol–water partition coefficient (Wildman–Crippen LogP) is 3.16. The molecule has 2 aliphatic carbocycles. The molecule has 2 saturated carbocycles. The zero-order chi connectivity index (χ0) is 18.8. The van der Waals surface area contributed by atoms with E-state index in [0.717, 1.165) is 61.1 Å². The summed E-state index contributed by atoms with van der Waals surface area (Å²) in [6.07, 6.45) is 8.28. The largest absolute Gasteiger partial charge is 0.355 e. The van der Waals surface area contributed by atoms with Crippen molar-refractivity contribution in [1.29, 1.82) is 0 Å². The van der Waals surface area contributed by atoms with E-state index >= 15 is 0 Å². The van der Waals surface area contributed by atoms with E-state index in [4.69, 9.17) is 4.98 Å². The highest BCUT2D eigenvalue weighted by Crippen LogP contribution is 2.29. The van der Waals surface area contributed by atoms with Crippen LogP contribution in [0.1, 0.15) is 50.8 Å². The van der Waals surface area contributed by atoms with Crippen LogP contribution in [0.25, 0.3) is 11.0 Å². The molecule has 0 spiro atoms. The standard InChI is InChI=1S/C21H28N4O2/c1-25-18-10-9-16(23-21(27)14-5-3-2-4-6-14)13-17(18)24-19(25)11-12-22-20(26)15-7-8-15/h9-10,13-15H,2-8,11-12H2,1H3,(H,22,26)(H,23,27). The Morgan fingerprint density at radius 2 is 1.81 bits per heavy atom. The highest BCUT2D eigenvalue weighted by molar-refractivity contribution is 5.94. The number of benzene rings is 1. The number of nitrogens with zero attached hydrogens (tertiary/aromatic N) is 2. The van der Waals surface area contributed by atoms with Gasteiger partial charge in [-0.05, 0) is 43.9 Å². The second kappa shape index (κ2) is 7.71. The fourth-order valence-electron chi connectivity index (χ4n) is 3.95. The highest BCUT2D eigenvalue weighted by atomic mass is 16.2. The van der Waals surface area contributed by atoms with Crippen molar-refractivity contribution in [3.63, 3.8) is 0 Å². The average Bonchev–Trinajstić information content (AvgIpc) is 3.48. The fourth-order valence-corrected chi connectivity index (χ4v) is 3.95. The molecule has 0 saturated heterocycles. The molecule has 2 aliphatic rings. The van der Waals surface area contributed by atoms with Gasteiger partial charge in [0, 0.05) is 37.5 Å². The van der Waals surface area contributed by atoms with Crippen LogP contribution in [-0.2, 0) is 23.1 Å². The molecule has 144 valence electrons. The maximum atomic E-state index is 12.5. The number of hydrogen-bond acceptors (Lipinski definition) is 3. The van der Waals surface area contributed by atoms with Gasteiger partial charge in [-0.2, -0.15) is 0 Å². The lowest BCUT2D eigenvalue weighted by molar-refractivity contribution is -0.122. The van der Waals surface area contributed by atoms with Gasteiger partial charge in [0.05, 0.1) is 11.0 Å². The number of amides is 2. The number of imidazole rings is 1. The molecule has 0 radical (unpaired) electrons. The molecule has 6 heteroatoms. The lowest BCUT2D eigenvalue weighted by atomic mass is 9.88. The number of rotatable bonds is 6. The Morgan fingerprint density at radius 1 is 1.07 bits per heavy atom. The van der Waals surface area contributed by atoms with Gasteiger partial charge in [-0.3, -0.25) is 9.59 Å². The molecule has 1 heterocycles. The third-order valence-electron chi connectivity index (χ3n) is 5.81. The third-order valence-corrected chi connectivity index (χ3v) is 5.81. The van der Waals surface area contributed by atoms with E-state index in [9.17, 15) is 9.59 Å². The summed E-state index contributed by atoms with van der Waals surface area (Å²) in [5, 5.41) is 6.05. The van der Waals surface area contributed by atoms with E-state index in [1.165, 1.54) is 6.42 Å². The summed E-state index contributed by atoms with van der Waals surface area (Å²) in [7, 11) is 1.99. The van der Waals surface area contributed by atoms with E-state index < -0.39 is 0 Å². The summed E-state index contributed by atoms with van der Waals surface area (Å²) < 4.78 is 2.06. The van der Waals surface area contributed by atoms with E-state index in [0.29, 0.717) is 13.0 Å². The Hall–Kier alpha value is -2.37. The Kier molecular flexibility index (Phi) is 5.14. The molecule has 1 aromatic carbocycles. The number of nitrogens with one attached hydrogen (secondary N) is 2. The number of carbonyl (C=O) groups excluding carboxylic acids is 2. The number of fused-ring (bicyclic) bond motifs is 1. The van der Waals surface area contributed by atoms with Crippen LogP contribution in [-0.4, -0.2) is 27.9 Å². The smallest absolute Gasteiger partial charge is 0.227 e. The minimum atomic E-state index is 0.132. The molecule has 6 nitrogen and oxygen atoms in total. The lowest BCUT2D eigenvalue weighted by Crippen LogP contribution is -2.27. The van der Waals surface area contributed by atoms with Gasteiger partial charge in [0.15, 0.2) is 0 Å². The molecule has 2 amide bonds. The summed E-state index contributed by atoms with van der Waals surface area (Å²) in [6.45, 7) is 0.609. The topological polar surface area (TPSA) is 76.0 Å². The van der Waals surface area contributed by atoms with Crippen molar-refractivity contribution >= 4 is 28.5 Å². The van der Waals surface area contributed by atoms with E-state index in [1.807, 2.05) is 25.2 Å². The summed E-state index contributed by atoms with van der Waals surface area (Å²) in [5.41, 5.74) is 2.72. The Balaban J connectivity index is 1.40. The maximum absolute atomic E-state index is 12.5. The molecule has 0 aliphatic heterocycles. The number of hydrogen-bond donors (Lipinski definition) is 2. The third kappa shape index (κ3) is 4.15. The Morgan fingerprint density at radius 3 is 2.56 bits per heavy atom. The second-order valence-electron chi connectivity index (χ2n) is 7.93. The molecule has 2 fully saturated rings. The maximum Gasteiger partial charge on any atom is 0.227 e. The Bertz CT molecular complexity index is 847. The molecule has 0 atom stereocenters. The van der Waals surface area contributed by atoms with Gasteiger partial charge in [-0.1, -0.05) is 19.3 Å². The van der Waals surface area contributed by atoms with Crippen LogP contribution >= 0.6 is 0 Å². The molecular formula is C21H28N4O2. The van der Waals surface area contributed by atoms with Crippen molar-refractivity contribution in [3.8, 4) is 0 Å². The minimum Gasteiger partial charge on any atom is -0.355 e. The molecule has 2 N–H and O–H groups in total. The van der Waals surface area contributed by atoms with Gasteiger partial charge in [0.1, 0.15) is 5.82 Å². The van der Waals surface area contributed by atoms with Gasteiger partial charge in [-0.15, -0.1) is 0 Å². The van der Waals surface area contributed by atoms with E-state index in [2.05, 4.69) is 15.2 Å². The van der Waals surface area contributed by atoms with E-state index in [-0.39, 0.29) is 23.7 Å². The molecule has 4 rings (SSSR count). The summed E-state index contributed by atoms with van der Waals surface area (Å²) in [4.78, 5) is 28.9. The van der Waals surface area contributed by atoms with Crippen LogP contribution in [0.2, 0.25) is 0 Å². The van der Waals surface area contributed by atoms with Crippen molar-refractivity contribution in [2.75, 3.05) is 11.9 Å². The molecule has 0 bridgehead atoms. The Labute approximate surface area is 159 Å². The summed E-state index contributed by atoms with van der Waals surface area (Å²) in [5.74, 6) is 1.62. The van der Waals surface area contributed by atoms with Crippen molar-refractivity contribution in [3.05, 3.63) is 24.0 Å². The zero-order valence-electron chi connectivity index (χ0n) is 16.0. The van der Waals surface area contributed by atoms with Gasteiger partial charge in [0.25, 0.3) is 0 Å². The van der Waals surface area contributed by atoms with Crippen molar-refractivity contribution in [2.24, 2.45) is 18.9 Å². The van der Waals surface area contributed by atoms with Crippen molar-refractivity contribution in [1.82, 2.24) is 14.9 Å². The quantitative estimate of drug-likeness (QED) is 0.822. The van der Waals surface area contributed by atoms with Crippen LogP contribution in [0.15, 0.2) is 18.2 Å². The molecule has 27 heavy (non-hydrogen) atoms. The average molecular weight is 368 g/mol. The zero-order valence-corrected chi connectivity index (χ0v) is 16.0. The van der Waals surface area contributed by atoms with Crippen molar-refractivity contribution in [2.45, 2.75) is 51.4 Å². The first-order chi connectivity index (χ1) is 13.1. The highest BCUT2D eigenvalue weighted by Gasteiger charge is 2.29. The second-order valence-corrected chi connectivity index (χ2v) is 7.93. The fraction of sp³-hybridized carbons (Fsp3) is 0.571. The van der Waals surface area contributed by atoms with Crippen LogP contribution in [0.4, 0.5) is 5.69 Å². The van der Waals surface area contributed by atoms with Gasteiger partial charge < -0.3 is 15.2 Å². The first kappa shape index (κ1) is 18.0. The number of aromatic nitrogens is 2. The summed E-state index contributed by atoms with van der Waals surface area (Å²) >= 11 is 0.